The lowest BCUT2D eigenvalue weighted by atomic mass is 9.98. The van der Waals surface area contributed by atoms with E-state index in [-0.39, 0.29) is 23.4 Å². The molecule has 1 saturated heterocycles. The molecule has 10 nitrogen and oxygen atoms in total. The molecule has 2 heterocycles. The third kappa shape index (κ3) is 8.37. The van der Waals surface area contributed by atoms with Crippen molar-refractivity contribution >= 4 is 30.0 Å². The standard InChI is InChI=1S/C33H33FN4O6S/c1-2-23-16-28(24-9-12-27(34)13-10-24)29(39)17-30(23)42-21-22-6-5-15-38(20-22)33(40)26-11-14-32(35-18-26)37-36-19-25-7-3-4-8-31(25)45-44-43-41/h3-4,7-14,16-19,22,39,41H,2,5-6,15,20-21H2,1H3,(H,35,37)/b36-19+. The Morgan fingerprint density at radius 2 is 2.00 bits per heavy atom. The zero-order chi connectivity index (χ0) is 31.6. The van der Waals surface area contributed by atoms with Crippen LogP contribution in [0, 0.1) is 11.7 Å². The Labute approximate surface area is 264 Å². The summed E-state index contributed by atoms with van der Waals surface area (Å²) in [5.74, 6) is 0.834. The minimum Gasteiger partial charge on any atom is -0.507 e. The lowest BCUT2D eigenvalue weighted by Gasteiger charge is -2.33. The Kier molecular flexibility index (Phi) is 11.0. The number of benzene rings is 3. The van der Waals surface area contributed by atoms with Crippen molar-refractivity contribution in [1.29, 1.82) is 0 Å². The molecule has 0 aliphatic carbocycles. The summed E-state index contributed by atoms with van der Waals surface area (Å²) in [6, 6.07) is 20.2. The van der Waals surface area contributed by atoms with Gasteiger partial charge < -0.3 is 14.7 Å². The number of nitrogens with zero attached hydrogens (tertiary/aromatic N) is 3. The third-order valence-corrected chi connectivity index (χ3v) is 8.14. The van der Waals surface area contributed by atoms with Gasteiger partial charge in [-0.1, -0.05) is 42.3 Å². The van der Waals surface area contributed by atoms with E-state index in [2.05, 4.69) is 24.9 Å². The van der Waals surface area contributed by atoms with Gasteiger partial charge in [0.05, 0.1) is 30.4 Å². The summed E-state index contributed by atoms with van der Waals surface area (Å²) >= 11 is 0.839. The number of nitrogens with one attached hydrogen (secondary N) is 1. The molecular formula is C33H33FN4O6S. The van der Waals surface area contributed by atoms with Gasteiger partial charge in [0.15, 0.2) is 0 Å². The van der Waals surface area contributed by atoms with Crippen LogP contribution in [0.5, 0.6) is 11.5 Å². The van der Waals surface area contributed by atoms with E-state index in [1.165, 1.54) is 18.3 Å². The average Bonchev–Trinajstić information content (AvgIpc) is 3.07. The number of phenols is 1. The second-order valence-electron chi connectivity index (χ2n) is 10.5. The van der Waals surface area contributed by atoms with Crippen LogP contribution < -0.4 is 10.2 Å². The Morgan fingerprint density at radius 1 is 1.18 bits per heavy atom. The summed E-state index contributed by atoms with van der Waals surface area (Å²) in [6.07, 6.45) is 5.57. The third-order valence-electron chi connectivity index (χ3n) is 7.46. The number of amides is 1. The van der Waals surface area contributed by atoms with Crippen LogP contribution in [0.1, 0.15) is 41.3 Å². The molecule has 3 aromatic carbocycles. The van der Waals surface area contributed by atoms with Gasteiger partial charge in [0.2, 0.25) is 0 Å². The number of pyridine rings is 1. The zero-order valence-electron chi connectivity index (χ0n) is 24.6. The van der Waals surface area contributed by atoms with Gasteiger partial charge in [0.25, 0.3) is 5.91 Å². The van der Waals surface area contributed by atoms with Gasteiger partial charge in [-0.05, 0) is 66.8 Å². The van der Waals surface area contributed by atoms with Gasteiger partial charge in [-0.2, -0.15) is 5.10 Å². The van der Waals surface area contributed by atoms with Crippen LogP contribution in [0.4, 0.5) is 10.2 Å². The highest BCUT2D eigenvalue weighted by Crippen LogP contribution is 2.36. The number of ether oxygens (including phenoxy) is 1. The number of hydrazone groups is 1. The molecule has 0 spiro atoms. The van der Waals surface area contributed by atoms with Crippen molar-refractivity contribution in [3.63, 3.8) is 0 Å². The second-order valence-corrected chi connectivity index (χ2v) is 11.2. The molecule has 234 valence electrons. The largest absolute Gasteiger partial charge is 0.507 e. The van der Waals surface area contributed by atoms with Gasteiger partial charge in [0.1, 0.15) is 23.1 Å². The topological polar surface area (TPSA) is 126 Å². The SMILES string of the molecule is CCc1cc(-c2ccc(F)cc2)c(O)cc1OCC1CCCN(C(=O)c2ccc(N/N=C/c3ccccc3SOOO)nc2)C1. The lowest BCUT2D eigenvalue weighted by molar-refractivity contribution is -0.432. The summed E-state index contributed by atoms with van der Waals surface area (Å²) in [7, 11) is 0. The number of hydrogen-bond donors (Lipinski definition) is 3. The number of anilines is 1. The first-order chi connectivity index (χ1) is 21.9. The molecule has 12 heteroatoms. The number of rotatable bonds is 12. The van der Waals surface area contributed by atoms with Gasteiger partial charge >= 0.3 is 0 Å². The minimum atomic E-state index is -0.332. The van der Waals surface area contributed by atoms with Gasteiger partial charge in [-0.3, -0.25) is 10.2 Å². The maximum absolute atomic E-state index is 13.4. The number of aryl methyl sites for hydroxylation is 1. The van der Waals surface area contributed by atoms with Crippen LogP contribution in [0.15, 0.2) is 89.0 Å². The van der Waals surface area contributed by atoms with Crippen molar-refractivity contribution in [3.8, 4) is 22.6 Å². The summed E-state index contributed by atoms with van der Waals surface area (Å²) in [5, 5.41) is 26.9. The molecule has 1 aromatic heterocycles. The normalized spacial score (nSPS) is 14.9. The maximum Gasteiger partial charge on any atom is 0.255 e. The highest BCUT2D eigenvalue weighted by molar-refractivity contribution is 7.94. The van der Waals surface area contributed by atoms with Gasteiger partial charge in [-0.25, -0.2) is 14.6 Å². The molecule has 1 aliphatic heterocycles. The summed E-state index contributed by atoms with van der Waals surface area (Å²) in [6.45, 7) is 3.62. The highest BCUT2D eigenvalue weighted by atomic mass is 32.2. The molecule has 5 rings (SSSR count). The van der Waals surface area contributed by atoms with E-state index in [0.29, 0.717) is 53.7 Å². The molecular weight excluding hydrogens is 599 g/mol. The zero-order valence-corrected chi connectivity index (χ0v) is 25.4. The first-order valence-electron chi connectivity index (χ1n) is 14.5. The molecule has 0 radical (unpaired) electrons. The molecule has 0 bridgehead atoms. The number of carbonyl (C=O) groups is 1. The van der Waals surface area contributed by atoms with Crippen molar-refractivity contribution in [1.82, 2.24) is 9.88 Å². The van der Waals surface area contributed by atoms with Crippen molar-refractivity contribution in [2.45, 2.75) is 31.1 Å². The van der Waals surface area contributed by atoms with E-state index in [9.17, 15) is 14.3 Å². The first kappa shape index (κ1) is 31.9. The average molecular weight is 633 g/mol. The van der Waals surface area contributed by atoms with Crippen LogP contribution in [0.25, 0.3) is 11.1 Å². The number of likely N-dealkylation sites (tertiary alicyclic amines) is 1. The quantitative estimate of drug-likeness (QED) is 0.0658. The summed E-state index contributed by atoms with van der Waals surface area (Å²) < 4.78 is 24.1. The van der Waals surface area contributed by atoms with Crippen molar-refractivity contribution in [3.05, 3.63) is 102 Å². The number of carbonyl (C=O) groups excluding carboxylic acids is 1. The fourth-order valence-corrected chi connectivity index (χ4v) is 5.59. The van der Waals surface area contributed by atoms with Gasteiger partial charge in [-0.15, -0.1) is 4.33 Å². The van der Waals surface area contributed by atoms with E-state index in [1.54, 1.807) is 42.6 Å². The molecule has 1 aliphatic rings. The fourth-order valence-electron chi connectivity index (χ4n) is 5.13. The molecule has 45 heavy (non-hydrogen) atoms. The molecule has 1 amide bonds. The monoisotopic (exact) mass is 632 g/mol. The Balaban J connectivity index is 1.16. The molecule has 1 atom stereocenters. The molecule has 1 fully saturated rings. The van der Waals surface area contributed by atoms with Gasteiger partial charge in [0, 0.05) is 47.3 Å². The van der Waals surface area contributed by atoms with E-state index in [0.717, 1.165) is 41.6 Å². The number of phenolic OH excluding ortho intramolecular Hbond substituents is 1. The Hall–Kier alpha value is -4.49. The smallest absolute Gasteiger partial charge is 0.255 e. The number of piperidine rings is 1. The second kappa shape index (κ2) is 15.5. The number of aromatic hydroxyl groups is 1. The predicted molar refractivity (Wildman–Crippen MR) is 170 cm³/mol. The number of hydrogen-bond acceptors (Lipinski definition) is 10. The molecule has 4 aromatic rings. The molecule has 0 saturated carbocycles. The van der Waals surface area contributed by atoms with E-state index >= 15 is 0 Å². The Morgan fingerprint density at radius 3 is 2.76 bits per heavy atom. The summed E-state index contributed by atoms with van der Waals surface area (Å²) in [4.78, 5) is 20.1. The fraction of sp³-hybridized carbons (Fsp3) is 0.242. The predicted octanol–water partition coefficient (Wildman–Crippen LogP) is 6.96. The van der Waals surface area contributed by atoms with E-state index < -0.39 is 0 Å². The van der Waals surface area contributed by atoms with Crippen molar-refractivity contribution in [2.75, 3.05) is 25.1 Å². The molecule has 3 N–H and O–H groups in total. The van der Waals surface area contributed by atoms with Crippen molar-refractivity contribution in [2.24, 2.45) is 11.0 Å². The van der Waals surface area contributed by atoms with Crippen LogP contribution in [-0.4, -0.2) is 52.1 Å². The van der Waals surface area contributed by atoms with Crippen LogP contribution >= 0.6 is 12.0 Å². The maximum atomic E-state index is 13.4. The Bertz CT molecular complexity index is 1620. The van der Waals surface area contributed by atoms with Crippen LogP contribution in [0.3, 0.4) is 0 Å². The van der Waals surface area contributed by atoms with Crippen LogP contribution in [0.2, 0.25) is 0 Å². The number of halogens is 1. The minimum absolute atomic E-state index is 0.0666. The van der Waals surface area contributed by atoms with E-state index in [1.807, 2.05) is 36.1 Å². The summed E-state index contributed by atoms with van der Waals surface area (Å²) in [5.41, 5.74) is 6.34. The van der Waals surface area contributed by atoms with E-state index in [4.69, 9.17) is 9.99 Å². The van der Waals surface area contributed by atoms with Crippen molar-refractivity contribution < 1.29 is 33.7 Å². The van der Waals surface area contributed by atoms with Crippen LogP contribution in [-0.2, 0) is 15.8 Å². The molecule has 1 unspecified atom stereocenters. The first-order valence-corrected chi connectivity index (χ1v) is 15.2. The highest BCUT2D eigenvalue weighted by Gasteiger charge is 2.25. The lowest BCUT2D eigenvalue weighted by Crippen LogP contribution is -2.41. The number of aromatic nitrogens is 1.